The van der Waals surface area contributed by atoms with Crippen LogP contribution in [-0.4, -0.2) is 33.5 Å². The summed E-state index contributed by atoms with van der Waals surface area (Å²) in [6, 6.07) is 0. The fourth-order valence-electron chi connectivity index (χ4n) is 1.90. The molecule has 0 aromatic heterocycles. The van der Waals surface area contributed by atoms with E-state index in [-0.39, 0.29) is 6.42 Å². The van der Waals surface area contributed by atoms with Gasteiger partial charge in [-0.05, 0) is 32.1 Å². The van der Waals surface area contributed by atoms with E-state index in [4.69, 9.17) is 5.11 Å². The van der Waals surface area contributed by atoms with Crippen LogP contribution in [-0.2, 0) is 4.79 Å². The molecule has 0 rings (SSSR count). The summed E-state index contributed by atoms with van der Waals surface area (Å²) in [6.45, 7) is 2.06. The Morgan fingerprint density at radius 2 is 1.35 bits per heavy atom. The second-order valence-electron chi connectivity index (χ2n) is 5.75. The molecule has 0 heterocycles. The van der Waals surface area contributed by atoms with Crippen molar-refractivity contribution < 1.29 is 20.1 Å². The lowest BCUT2D eigenvalue weighted by atomic mass is 10.2. The minimum absolute atomic E-state index is 0.114. The van der Waals surface area contributed by atoms with Crippen molar-refractivity contribution in [1.82, 2.24) is 0 Å². The molecular formula is C22H32O4. The third kappa shape index (κ3) is 18.2. The highest BCUT2D eigenvalue weighted by atomic mass is 16.4. The maximum Gasteiger partial charge on any atom is 0.303 e. The molecule has 26 heavy (non-hydrogen) atoms. The van der Waals surface area contributed by atoms with E-state index in [0.29, 0.717) is 19.3 Å². The molecule has 0 radical (unpaired) electrons. The van der Waals surface area contributed by atoms with Crippen LogP contribution in [0.1, 0.15) is 45.4 Å². The molecule has 4 nitrogen and oxygen atoms in total. The maximum absolute atomic E-state index is 10.3. The Bertz CT molecular complexity index is 524. The Morgan fingerprint density at radius 3 is 1.85 bits per heavy atom. The van der Waals surface area contributed by atoms with Gasteiger partial charge in [-0.15, -0.1) is 0 Å². The fourth-order valence-corrected chi connectivity index (χ4v) is 1.90. The molecule has 0 aliphatic rings. The number of hydrogen-bond acceptors (Lipinski definition) is 3. The van der Waals surface area contributed by atoms with Crippen LogP contribution in [0.3, 0.4) is 0 Å². The highest BCUT2D eigenvalue weighted by Crippen LogP contribution is 2.00. The number of carboxylic acid groups (broad SMARTS) is 1. The first-order chi connectivity index (χ1) is 12.6. The zero-order valence-electron chi connectivity index (χ0n) is 15.6. The van der Waals surface area contributed by atoms with E-state index in [2.05, 4.69) is 6.92 Å². The van der Waals surface area contributed by atoms with E-state index >= 15 is 0 Å². The van der Waals surface area contributed by atoms with Crippen LogP contribution in [0.2, 0.25) is 0 Å². The Kier molecular flexibility index (Phi) is 16.2. The molecule has 0 aliphatic heterocycles. The molecule has 0 fully saturated rings. The monoisotopic (exact) mass is 360 g/mol. The minimum Gasteiger partial charge on any atom is -0.481 e. The largest absolute Gasteiger partial charge is 0.481 e. The number of allylic oxidation sites excluding steroid dienone is 8. The molecule has 0 unspecified atom stereocenters. The number of hydrogen-bond donors (Lipinski definition) is 3. The van der Waals surface area contributed by atoms with Crippen molar-refractivity contribution in [3.63, 3.8) is 0 Å². The average Bonchev–Trinajstić information content (AvgIpc) is 2.60. The molecule has 0 aromatic rings. The van der Waals surface area contributed by atoms with Crippen LogP contribution in [0.4, 0.5) is 0 Å². The summed E-state index contributed by atoms with van der Waals surface area (Å²) >= 11 is 0. The smallest absolute Gasteiger partial charge is 0.303 e. The molecule has 4 heteroatoms. The van der Waals surface area contributed by atoms with E-state index in [1.807, 2.05) is 42.5 Å². The molecule has 0 aliphatic carbocycles. The first-order valence-corrected chi connectivity index (χ1v) is 9.10. The van der Waals surface area contributed by atoms with Crippen molar-refractivity contribution in [2.45, 2.75) is 57.7 Å². The van der Waals surface area contributed by atoms with E-state index in [9.17, 15) is 15.0 Å². The van der Waals surface area contributed by atoms with Crippen LogP contribution >= 0.6 is 0 Å². The lowest BCUT2D eigenvalue weighted by Gasteiger charge is -1.99. The molecule has 0 spiro atoms. The lowest BCUT2D eigenvalue weighted by Crippen LogP contribution is -1.99. The second kappa shape index (κ2) is 17.6. The van der Waals surface area contributed by atoms with Gasteiger partial charge in [-0.2, -0.15) is 0 Å². The molecular weight excluding hydrogens is 328 g/mol. The highest BCUT2D eigenvalue weighted by molar-refractivity contribution is 5.66. The van der Waals surface area contributed by atoms with Gasteiger partial charge in [0.15, 0.2) is 0 Å². The molecule has 2 atom stereocenters. The average molecular weight is 360 g/mol. The topological polar surface area (TPSA) is 77.8 Å². The summed E-state index contributed by atoms with van der Waals surface area (Å²) < 4.78 is 0. The van der Waals surface area contributed by atoms with Crippen LogP contribution in [0, 0.1) is 0 Å². The summed E-state index contributed by atoms with van der Waals surface area (Å²) in [6.07, 6.45) is 24.9. The second-order valence-corrected chi connectivity index (χ2v) is 5.75. The Hall–Kier alpha value is -2.17. The highest BCUT2D eigenvalue weighted by Gasteiger charge is 1.95. The van der Waals surface area contributed by atoms with Crippen LogP contribution in [0.15, 0.2) is 72.9 Å². The normalized spacial score (nSPS) is 15.5. The quantitative estimate of drug-likeness (QED) is 0.315. The van der Waals surface area contributed by atoms with Gasteiger partial charge >= 0.3 is 5.97 Å². The van der Waals surface area contributed by atoms with Gasteiger partial charge < -0.3 is 15.3 Å². The van der Waals surface area contributed by atoms with Crippen molar-refractivity contribution in [3.8, 4) is 0 Å². The van der Waals surface area contributed by atoms with Crippen molar-refractivity contribution in [2.24, 2.45) is 0 Å². The summed E-state index contributed by atoms with van der Waals surface area (Å²) in [5.74, 6) is -0.815. The Balaban J connectivity index is 3.85. The predicted molar refractivity (Wildman–Crippen MR) is 108 cm³/mol. The molecule has 0 saturated heterocycles. The van der Waals surface area contributed by atoms with E-state index < -0.39 is 18.2 Å². The van der Waals surface area contributed by atoms with Crippen LogP contribution < -0.4 is 0 Å². The van der Waals surface area contributed by atoms with Gasteiger partial charge in [-0.3, -0.25) is 4.79 Å². The van der Waals surface area contributed by atoms with Gasteiger partial charge in [-0.25, -0.2) is 0 Å². The van der Waals surface area contributed by atoms with Crippen molar-refractivity contribution >= 4 is 5.97 Å². The van der Waals surface area contributed by atoms with E-state index in [1.165, 1.54) is 0 Å². The molecule has 0 saturated carbocycles. The zero-order valence-corrected chi connectivity index (χ0v) is 15.6. The third-order valence-corrected chi connectivity index (χ3v) is 3.28. The molecule has 0 aromatic carbocycles. The summed E-state index contributed by atoms with van der Waals surface area (Å²) in [5, 5.41) is 27.9. The Labute approximate surface area is 157 Å². The summed E-state index contributed by atoms with van der Waals surface area (Å²) in [4.78, 5) is 10.3. The summed E-state index contributed by atoms with van der Waals surface area (Å²) in [5.41, 5.74) is 0. The van der Waals surface area contributed by atoms with Crippen molar-refractivity contribution in [2.75, 3.05) is 0 Å². The molecule has 0 amide bonds. The maximum atomic E-state index is 10.3. The standard InChI is InChI=1S/C22H32O4/c1-2-3-10-15-20(23)16-11-7-5-4-6-8-12-17-21(24)18-13-9-14-19-22(25)26/h3,5-13,16-17,20-21,23-24H,2,4,14-15,18-19H2,1H3,(H,25,26)/b7-5?,8-6?,10-3-,13-9-,16-11+,17-12+/t20-,21+/m0/s1. The van der Waals surface area contributed by atoms with Crippen molar-refractivity contribution in [1.29, 1.82) is 0 Å². The SMILES string of the molecule is CC/C=C\C[C@H](O)/C=C/C=CCC=C/C=C/[C@@H](O)C/C=C\CCC(=O)O. The van der Waals surface area contributed by atoms with Crippen LogP contribution in [0.25, 0.3) is 0 Å². The number of carboxylic acids is 1. The lowest BCUT2D eigenvalue weighted by molar-refractivity contribution is -0.136. The first-order valence-electron chi connectivity index (χ1n) is 9.10. The third-order valence-electron chi connectivity index (χ3n) is 3.28. The van der Waals surface area contributed by atoms with Gasteiger partial charge in [0.1, 0.15) is 0 Å². The van der Waals surface area contributed by atoms with E-state index in [0.717, 1.165) is 12.8 Å². The van der Waals surface area contributed by atoms with Gasteiger partial charge in [0.05, 0.1) is 12.2 Å². The van der Waals surface area contributed by atoms with E-state index in [1.54, 1.807) is 30.4 Å². The number of rotatable bonds is 14. The fraction of sp³-hybridized carbons (Fsp3) is 0.409. The summed E-state index contributed by atoms with van der Waals surface area (Å²) in [7, 11) is 0. The molecule has 3 N–H and O–H groups in total. The van der Waals surface area contributed by atoms with Crippen LogP contribution in [0.5, 0.6) is 0 Å². The molecule has 0 bridgehead atoms. The van der Waals surface area contributed by atoms with Gasteiger partial charge in [0, 0.05) is 6.42 Å². The zero-order chi connectivity index (χ0) is 19.5. The predicted octanol–water partition coefficient (Wildman–Crippen LogP) is 4.49. The van der Waals surface area contributed by atoms with Gasteiger partial charge in [-0.1, -0.05) is 79.8 Å². The number of aliphatic hydroxyl groups excluding tert-OH is 2. The molecule has 144 valence electrons. The number of aliphatic carboxylic acids is 1. The Morgan fingerprint density at radius 1 is 0.808 bits per heavy atom. The van der Waals surface area contributed by atoms with Gasteiger partial charge in [0.25, 0.3) is 0 Å². The number of carbonyl (C=O) groups is 1. The van der Waals surface area contributed by atoms with Gasteiger partial charge in [0.2, 0.25) is 0 Å². The number of aliphatic hydroxyl groups is 2. The minimum atomic E-state index is -0.815. The van der Waals surface area contributed by atoms with Crippen molar-refractivity contribution in [3.05, 3.63) is 72.9 Å². The first kappa shape index (κ1) is 23.8.